The predicted molar refractivity (Wildman–Crippen MR) is 536 cm³/mol. The topological polar surface area (TPSA) is 291 Å². The van der Waals surface area contributed by atoms with Gasteiger partial charge in [0.2, 0.25) is 23.1 Å². The zero-order valence-corrected chi connectivity index (χ0v) is 81.1. The summed E-state index contributed by atoms with van der Waals surface area (Å²) in [6.45, 7) is 21.4. The Morgan fingerprint density at radius 3 is 0.804 bits per heavy atom. The van der Waals surface area contributed by atoms with E-state index < -0.39 is 29.0 Å². The van der Waals surface area contributed by atoms with Crippen LogP contribution in [0.4, 0.5) is 13.2 Å². The van der Waals surface area contributed by atoms with Crippen molar-refractivity contribution < 1.29 is 110 Å². The van der Waals surface area contributed by atoms with Gasteiger partial charge in [0.25, 0.3) is 25.9 Å². The minimum atomic E-state index is -1.02. The Morgan fingerprint density at radius 2 is 0.514 bits per heavy atom. The molecule has 0 saturated heterocycles. The fraction of sp³-hybridized carbons (Fsp3) is 0.103. The first kappa shape index (κ1) is 101. The third-order valence-corrected chi connectivity index (χ3v) is 26.7. The molecule has 4 N–H and O–H groups in total. The molecule has 0 spiro atoms. The summed E-state index contributed by atoms with van der Waals surface area (Å²) in [4.78, 5) is 97.3. The van der Waals surface area contributed by atoms with Crippen LogP contribution in [0.5, 0.6) is 69.0 Å². The maximum Gasteiger partial charge on any atom is 0.297 e. The minimum absolute atomic E-state index is 0.0332. The standard InChI is InChI=1S/C28H23ClO5S.C27H21ClO5S.C26H17ClF2O5S.C26H18ClFO5S/c1-15-11-20(29)12-16(2)24(15)25(32)28-27(22-6-5-21(31)13-23(22)35-28)34-26-17(3)9-19(10-18(26)4)7-8-33-14-30;1-15-10-18(8-9-32-14-29)4-7-22(15)33-26-21-6-5-20(30)13-23(21)34-27(26)25(31)24-16(2)11-19(28)12-17(24)3;1-13-7-16(27)8-14(2)22(13)23(32)26-24(18-4-3-17(31)11-21(18)35-26)34-25-19(28)9-15(10-20(25)29)5-6-33-12-30;1-14-9-17(27)10-15(2)23(14)24(31)26-25(19-5-4-18(30)12-22(19)34-26)33-21-6-3-16(11-20(21)28)7-8-32-13-29/h5-14,31H,1-4H3;4-14,30H,1-3H3;3-12,31H,1-2H3;3-13,30H,1-2H3/b8-7+;9-8+;6-5+;8-7+. The summed E-state index contributed by atoms with van der Waals surface area (Å²) in [6.07, 6.45) is 10.7. The summed E-state index contributed by atoms with van der Waals surface area (Å²) in [5.41, 5.74) is 12.6. The normalized spacial score (nSPS) is 11.2. The molecule has 0 amide bonds. The predicted octanol–water partition coefficient (Wildman–Crippen LogP) is 29.5. The van der Waals surface area contributed by atoms with Crippen molar-refractivity contribution in [3.63, 3.8) is 0 Å². The van der Waals surface area contributed by atoms with Crippen molar-refractivity contribution in [2.45, 2.75) is 76.2 Å². The zero-order valence-electron chi connectivity index (χ0n) is 74.8. The third-order valence-electron chi connectivity index (χ3n) is 21.3. The van der Waals surface area contributed by atoms with Gasteiger partial charge >= 0.3 is 0 Å². The summed E-state index contributed by atoms with van der Waals surface area (Å²) >= 11 is 29.3. The summed E-state index contributed by atoms with van der Waals surface area (Å²) in [5.74, 6) is -2.00. The molecule has 0 fully saturated rings. The first-order valence-electron chi connectivity index (χ1n) is 41.5. The van der Waals surface area contributed by atoms with E-state index in [1.54, 1.807) is 143 Å². The van der Waals surface area contributed by atoms with Crippen molar-refractivity contribution in [3.05, 3.63) is 370 Å². The molecule has 12 aromatic carbocycles. The minimum Gasteiger partial charge on any atom is -0.508 e. The highest BCUT2D eigenvalue weighted by Crippen LogP contribution is 2.50. The van der Waals surface area contributed by atoms with Gasteiger partial charge in [-0.15, -0.1) is 45.3 Å². The number of ketones is 4. The van der Waals surface area contributed by atoms with Crippen LogP contribution in [0.25, 0.3) is 64.6 Å². The molecule has 16 rings (SSSR count). The smallest absolute Gasteiger partial charge is 0.297 e. The molecule has 0 aliphatic rings. The van der Waals surface area contributed by atoms with Gasteiger partial charge in [0.05, 0.1) is 25.0 Å². The SMILES string of the molecule is Cc1cc(/C=C/OC=O)cc(C)c1Oc1c(C(=O)c2c(C)cc(Cl)cc2C)sc2cc(O)ccc12.Cc1cc(/C=C/OC=O)ccc1Oc1c(C(=O)c2c(C)cc(Cl)cc2C)sc2cc(O)ccc12.Cc1cc(Cl)cc(C)c1C(=O)c1sc2cc(O)ccc2c1Oc1c(F)cc(/C=C/OC=O)cc1F.Cc1cc(Cl)cc(C)c1C(=O)c1sc2cc(O)ccc2c1Oc1ccc(/C=C/OC=O)cc1F. The number of carbonyl (C=O) groups is 8. The van der Waals surface area contributed by atoms with Crippen molar-refractivity contribution >= 4 is 205 Å². The Kier molecular flexibility index (Phi) is 32.5. The summed E-state index contributed by atoms with van der Waals surface area (Å²) in [6, 6.07) is 48.2. The van der Waals surface area contributed by atoms with Crippen LogP contribution in [0, 0.1) is 93.6 Å². The highest BCUT2D eigenvalue weighted by atomic mass is 35.5. The van der Waals surface area contributed by atoms with Crippen molar-refractivity contribution in [1.29, 1.82) is 0 Å². The molecule has 31 heteroatoms. The monoisotopic (exact) mass is 2010 g/mol. The van der Waals surface area contributed by atoms with Gasteiger partial charge in [-0.2, -0.15) is 0 Å². The Hall–Kier alpha value is -14.7. The molecule has 16 aromatic rings. The summed E-state index contributed by atoms with van der Waals surface area (Å²) in [5, 5.41) is 44.5. The number of hydrogen-bond acceptors (Lipinski definition) is 24. The van der Waals surface area contributed by atoms with E-state index in [2.05, 4.69) is 18.9 Å². The second kappa shape index (κ2) is 44.4. The molecule has 138 heavy (non-hydrogen) atoms. The van der Waals surface area contributed by atoms with Gasteiger partial charge in [0.15, 0.2) is 51.9 Å². The lowest BCUT2D eigenvalue weighted by molar-refractivity contribution is -0.124. The molecule has 0 saturated carbocycles. The van der Waals surface area contributed by atoms with E-state index in [-0.39, 0.29) is 85.9 Å². The maximum atomic E-state index is 14.9. The molecular weight excluding hydrogens is 1930 g/mol. The van der Waals surface area contributed by atoms with Gasteiger partial charge in [0, 0.05) is 82.7 Å². The zero-order chi connectivity index (χ0) is 99.4. The highest BCUT2D eigenvalue weighted by molar-refractivity contribution is 7.23. The highest BCUT2D eigenvalue weighted by Gasteiger charge is 2.32. The largest absolute Gasteiger partial charge is 0.508 e. The van der Waals surface area contributed by atoms with E-state index in [1.807, 2.05) is 72.7 Å². The van der Waals surface area contributed by atoms with Gasteiger partial charge in [-0.1, -0.05) is 58.5 Å². The molecule has 0 bridgehead atoms. The van der Waals surface area contributed by atoms with Gasteiger partial charge in [-0.25, -0.2) is 13.2 Å². The first-order valence-corrected chi connectivity index (χ1v) is 46.3. The molecule has 4 aromatic heterocycles. The summed E-state index contributed by atoms with van der Waals surface area (Å²) < 4.78 is 89.7. The number of rotatable bonds is 28. The number of benzene rings is 12. The Balaban J connectivity index is 0.000000155. The Bertz CT molecular complexity index is 7130. The fourth-order valence-corrected chi connectivity index (χ4v) is 21.2. The van der Waals surface area contributed by atoms with Crippen LogP contribution in [0.3, 0.4) is 0 Å². The molecule has 0 aliphatic carbocycles. The van der Waals surface area contributed by atoms with Crippen LogP contribution in [0.15, 0.2) is 207 Å². The fourth-order valence-electron chi connectivity index (χ4n) is 15.4. The van der Waals surface area contributed by atoms with Crippen LogP contribution in [-0.2, 0) is 38.1 Å². The second-order valence-electron chi connectivity index (χ2n) is 31.3. The van der Waals surface area contributed by atoms with E-state index in [4.69, 9.17) is 65.4 Å². The van der Waals surface area contributed by atoms with Gasteiger partial charge in [-0.05, 0) is 354 Å². The number of phenolic OH excluding ortho intramolecular Hbond substituents is 4. The lowest BCUT2D eigenvalue weighted by Gasteiger charge is -2.15. The number of ether oxygens (including phenoxy) is 8. The number of fused-ring (bicyclic) bond motifs is 4. The van der Waals surface area contributed by atoms with Crippen molar-refractivity contribution in [2.24, 2.45) is 0 Å². The Labute approximate surface area is 824 Å². The van der Waals surface area contributed by atoms with Crippen molar-refractivity contribution in [2.75, 3.05) is 0 Å². The number of carbonyl (C=O) groups excluding carboxylic acids is 8. The van der Waals surface area contributed by atoms with Crippen LogP contribution >= 0.6 is 91.8 Å². The first-order chi connectivity index (χ1) is 65.9. The number of thiophene rings is 4. The van der Waals surface area contributed by atoms with Crippen LogP contribution in [0.1, 0.15) is 144 Å². The van der Waals surface area contributed by atoms with E-state index in [9.17, 15) is 72.0 Å². The molecule has 0 radical (unpaired) electrons. The van der Waals surface area contributed by atoms with E-state index in [0.717, 1.165) is 118 Å². The van der Waals surface area contributed by atoms with Crippen molar-refractivity contribution in [1.82, 2.24) is 0 Å². The maximum absolute atomic E-state index is 14.9. The third kappa shape index (κ3) is 23.2. The van der Waals surface area contributed by atoms with Crippen LogP contribution < -0.4 is 18.9 Å². The van der Waals surface area contributed by atoms with E-state index in [0.29, 0.717) is 136 Å². The lowest BCUT2D eigenvalue weighted by Crippen LogP contribution is -2.06. The van der Waals surface area contributed by atoms with Crippen LogP contribution in [-0.4, -0.2) is 69.4 Å². The van der Waals surface area contributed by atoms with Gasteiger partial charge in [-0.3, -0.25) is 38.4 Å². The molecule has 700 valence electrons. The number of aromatic hydroxyl groups is 4. The Morgan fingerprint density at radius 1 is 0.268 bits per heavy atom. The molecule has 0 atom stereocenters. The van der Waals surface area contributed by atoms with Crippen LogP contribution in [0.2, 0.25) is 20.1 Å². The molecule has 0 aliphatic heterocycles. The van der Waals surface area contributed by atoms with E-state index in [1.165, 1.54) is 89.8 Å². The number of phenols is 4. The van der Waals surface area contributed by atoms with E-state index >= 15 is 0 Å². The second-order valence-corrected chi connectivity index (χ2v) is 37.3. The number of halogens is 7. The lowest BCUT2D eigenvalue weighted by atomic mass is 9.97. The average Bonchev–Trinajstić information content (AvgIpc) is 1.62. The number of hydrogen-bond donors (Lipinski definition) is 4. The molecule has 20 nitrogen and oxygen atoms in total. The number of aryl methyl sites for hydroxylation is 11. The van der Waals surface area contributed by atoms with Gasteiger partial charge < -0.3 is 58.3 Å². The van der Waals surface area contributed by atoms with Gasteiger partial charge in [0.1, 0.15) is 54.0 Å². The quantitative estimate of drug-likeness (QED) is 0.0153. The molecule has 4 heterocycles. The summed E-state index contributed by atoms with van der Waals surface area (Å²) in [7, 11) is 0. The molecule has 0 unspecified atom stereocenters. The molecular formula is C107H79Cl4F3O20S4. The van der Waals surface area contributed by atoms with Crippen molar-refractivity contribution in [3.8, 4) is 69.0 Å². The average molecular weight is 2010 g/mol.